The first-order valence-corrected chi connectivity index (χ1v) is 11.6. The number of aliphatic imine (C=N–C) groups is 1. The summed E-state index contributed by atoms with van der Waals surface area (Å²) in [5.41, 5.74) is 1.61. The second-order valence-corrected chi connectivity index (χ2v) is 8.49. The maximum Gasteiger partial charge on any atom is 0.266 e. The number of carbonyl (C=O) groups is 1. The van der Waals surface area contributed by atoms with Crippen LogP contribution in [-0.4, -0.2) is 43.3 Å². The molecule has 0 radical (unpaired) electrons. The number of halogens is 1. The van der Waals surface area contributed by atoms with Crippen LogP contribution in [0.4, 0.5) is 5.69 Å². The quantitative estimate of drug-likeness (QED) is 0.420. The van der Waals surface area contributed by atoms with Crippen molar-refractivity contribution in [2.45, 2.75) is 20.3 Å². The van der Waals surface area contributed by atoms with E-state index >= 15 is 0 Å². The Morgan fingerprint density at radius 3 is 2.48 bits per heavy atom. The highest BCUT2D eigenvalue weighted by atomic mass is 79.9. The van der Waals surface area contributed by atoms with E-state index in [0.29, 0.717) is 34.7 Å². The van der Waals surface area contributed by atoms with E-state index in [1.54, 1.807) is 19.1 Å². The van der Waals surface area contributed by atoms with Gasteiger partial charge in [0.2, 0.25) is 0 Å². The average molecular weight is 505 g/mol. The first-order valence-electron chi connectivity index (χ1n) is 9.95. The van der Waals surface area contributed by atoms with Crippen molar-refractivity contribution >= 4 is 50.5 Å². The van der Waals surface area contributed by atoms with Gasteiger partial charge >= 0.3 is 0 Å². The van der Waals surface area contributed by atoms with Crippen LogP contribution in [-0.2, 0) is 4.79 Å². The Morgan fingerprint density at radius 2 is 1.87 bits per heavy atom. The van der Waals surface area contributed by atoms with Gasteiger partial charge in [-0.05, 0) is 89.1 Å². The van der Waals surface area contributed by atoms with Gasteiger partial charge in [0, 0.05) is 6.54 Å². The third-order valence-corrected chi connectivity index (χ3v) is 6.07. The van der Waals surface area contributed by atoms with Crippen LogP contribution in [0.25, 0.3) is 6.08 Å². The van der Waals surface area contributed by atoms with Crippen molar-refractivity contribution in [1.29, 1.82) is 0 Å². The molecule has 0 spiro atoms. The minimum absolute atomic E-state index is 0.0527. The van der Waals surface area contributed by atoms with Crippen molar-refractivity contribution in [2.75, 3.05) is 27.4 Å². The minimum atomic E-state index is -0.0527. The molecule has 2 aromatic rings. The van der Waals surface area contributed by atoms with Crippen molar-refractivity contribution in [3.8, 4) is 17.2 Å². The van der Waals surface area contributed by atoms with Gasteiger partial charge in [0.25, 0.3) is 5.91 Å². The SMILES string of the molecule is CCCN1C(=O)/C(=C\c2cc(Br)c(OCC)c(OC)c2)SC1=Nc1ccc(OC)cc1. The molecule has 3 rings (SSSR count). The fraction of sp³-hybridized carbons (Fsp3) is 0.304. The Hall–Kier alpha value is -2.45. The van der Waals surface area contributed by atoms with E-state index in [4.69, 9.17) is 19.2 Å². The maximum atomic E-state index is 13.1. The van der Waals surface area contributed by atoms with Gasteiger partial charge in [-0.2, -0.15) is 0 Å². The van der Waals surface area contributed by atoms with Crippen LogP contribution < -0.4 is 14.2 Å². The Labute approximate surface area is 195 Å². The number of hydrogen-bond acceptors (Lipinski definition) is 6. The molecule has 0 aliphatic carbocycles. The highest BCUT2D eigenvalue weighted by Crippen LogP contribution is 2.39. The second kappa shape index (κ2) is 10.7. The van der Waals surface area contributed by atoms with Crippen LogP contribution in [0, 0.1) is 0 Å². The molecule has 1 fully saturated rings. The summed E-state index contributed by atoms with van der Waals surface area (Å²) in [6.45, 7) is 5.09. The number of benzene rings is 2. The fourth-order valence-corrected chi connectivity index (χ4v) is 4.64. The molecule has 1 aliphatic heterocycles. The van der Waals surface area contributed by atoms with Crippen LogP contribution in [0.5, 0.6) is 17.2 Å². The van der Waals surface area contributed by atoms with Gasteiger partial charge in [0.15, 0.2) is 16.7 Å². The molecular weight excluding hydrogens is 480 g/mol. The molecule has 0 bridgehead atoms. The lowest BCUT2D eigenvalue weighted by atomic mass is 10.2. The maximum absolute atomic E-state index is 13.1. The lowest BCUT2D eigenvalue weighted by molar-refractivity contribution is -0.122. The van der Waals surface area contributed by atoms with E-state index in [9.17, 15) is 4.79 Å². The van der Waals surface area contributed by atoms with E-state index in [-0.39, 0.29) is 5.91 Å². The summed E-state index contributed by atoms with van der Waals surface area (Å²) in [6.07, 6.45) is 2.69. The lowest BCUT2D eigenvalue weighted by Crippen LogP contribution is -2.29. The van der Waals surface area contributed by atoms with Gasteiger partial charge in [-0.15, -0.1) is 0 Å². The molecule has 6 nitrogen and oxygen atoms in total. The zero-order chi connectivity index (χ0) is 22.4. The van der Waals surface area contributed by atoms with Gasteiger partial charge < -0.3 is 14.2 Å². The summed E-state index contributed by atoms with van der Waals surface area (Å²) in [4.78, 5) is 20.1. The van der Waals surface area contributed by atoms with E-state index < -0.39 is 0 Å². The summed E-state index contributed by atoms with van der Waals surface area (Å²) in [5.74, 6) is 1.96. The molecular formula is C23H25BrN2O4S. The zero-order valence-corrected chi connectivity index (χ0v) is 20.4. The normalized spacial score (nSPS) is 16.3. The Bertz CT molecular complexity index is 1010. The van der Waals surface area contributed by atoms with Crippen LogP contribution in [0.1, 0.15) is 25.8 Å². The number of amidine groups is 1. The highest BCUT2D eigenvalue weighted by Gasteiger charge is 2.32. The van der Waals surface area contributed by atoms with Gasteiger partial charge in [-0.25, -0.2) is 4.99 Å². The third-order valence-electron chi connectivity index (χ3n) is 4.47. The first kappa shape index (κ1) is 23.2. The summed E-state index contributed by atoms with van der Waals surface area (Å²) in [6, 6.07) is 11.2. The standard InChI is InChI=1S/C23H25BrN2O4S/c1-5-11-26-22(27)20(31-23(26)25-16-7-9-17(28-3)10-8-16)14-15-12-18(24)21(30-6-2)19(13-15)29-4/h7-10,12-14H,5-6,11H2,1-4H3/b20-14+,25-23?. The number of ether oxygens (including phenoxy) is 3. The molecule has 1 heterocycles. The van der Waals surface area contributed by atoms with Gasteiger partial charge in [0.1, 0.15) is 5.75 Å². The molecule has 1 amide bonds. The van der Waals surface area contributed by atoms with Crippen LogP contribution in [0.2, 0.25) is 0 Å². The summed E-state index contributed by atoms with van der Waals surface area (Å²) in [7, 11) is 3.22. The Balaban J connectivity index is 1.94. The molecule has 31 heavy (non-hydrogen) atoms. The highest BCUT2D eigenvalue weighted by molar-refractivity contribution is 9.10. The third kappa shape index (κ3) is 5.43. The lowest BCUT2D eigenvalue weighted by Gasteiger charge is -2.14. The zero-order valence-electron chi connectivity index (χ0n) is 18.0. The fourth-order valence-electron chi connectivity index (χ4n) is 3.04. The summed E-state index contributed by atoms with van der Waals surface area (Å²) < 4.78 is 17.1. The largest absolute Gasteiger partial charge is 0.497 e. The van der Waals surface area contributed by atoms with Crippen LogP contribution in [0.15, 0.2) is 50.8 Å². The number of methoxy groups -OCH3 is 2. The van der Waals surface area contributed by atoms with Crippen molar-refractivity contribution in [2.24, 2.45) is 4.99 Å². The molecule has 0 unspecified atom stereocenters. The number of nitrogens with zero attached hydrogens (tertiary/aromatic N) is 2. The predicted octanol–water partition coefficient (Wildman–Crippen LogP) is 5.88. The van der Waals surface area contributed by atoms with Crippen molar-refractivity contribution in [3.05, 3.63) is 51.3 Å². The smallest absolute Gasteiger partial charge is 0.266 e. The number of amides is 1. The minimum Gasteiger partial charge on any atom is -0.497 e. The Morgan fingerprint density at radius 1 is 1.13 bits per heavy atom. The molecule has 0 atom stereocenters. The van der Waals surface area contributed by atoms with Crippen molar-refractivity contribution in [1.82, 2.24) is 4.90 Å². The van der Waals surface area contributed by atoms with E-state index in [1.165, 1.54) is 11.8 Å². The number of hydrogen-bond donors (Lipinski definition) is 0. The molecule has 8 heteroatoms. The van der Waals surface area contributed by atoms with Crippen LogP contribution in [0.3, 0.4) is 0 Å². The van der Waals surface area contributed by atoms with Crippen molar-refractivity contribution < 1.29 is 19.0 Å². The molecule has 1 aliphatic rings. The number of carbonyl (C=O) groups excluding carboxylic acids is 1. The topological polar surface area (TPSA) is 60.4 Å². The number of thioether (sulfide) groups is 1. The van der Waals surface area contributed by atoms with E-state index in [1.807, 2.05) is 56.3 Å². The van der Waals surface area contributed by atoms with E-state index in [2.05, 4.69) is 15.9 Å². The van der Waals surface area contributed by atoms with Crippen molar-refractivity contribution in [3.63, 3.8) is 0 Å². The van der Waals surface area contributed by atoms with Gasteiger partial charge in [0.05, 0.1) is 35.9 Å². The number of rotatable bonds is 8. The van der Waals surface area contributed by atoms with E-state index in [0.717, 1.165) is 27.9 Å². The monoisotopic (exact) mass is 504 g/mol. The molecule has 2 aromatic carbocycles. The molecule has 1 saturated heterocycles. The second-order valence-electron chi connectivity index (χ2n) is 6.63. The first-order chi connectivity index (χ1) is 15.0. The predicted molar refractivity (Wildman–Crippen MR) is 130 cm³/mol. The summed E-state index contributed by atoms with van der Waals surface area (Å²) >= 11 is 4.91. The van der Waals surface area contributed by atoms with Gasteiger partial charge in [-0.1, -0.05) is 6.92 Å². The Kier molecular flexibility index (Phi) is 8.03. The van der Waals surface area contributed by atoms with Gasteiger partial charge in [-0.3, -0.25) is 9.69 Å². The molecule has 0 aromatic heterocycles. The molecule has 0 saturated carbocycles. The average Bonchev–Trinajstić information content (AvgIpc) is 3.05. The molecule has 0 N–H and O–H groups in total. The van der Waals surface area contributed by atoms with Crippen LogP contribution >= 0.6 is 27.7 Å². The summed E-state index contributed by atoms with van der Waals surface area (Å²) in [5, 5.41) is 0.667. The molecule has 164 valence electrons.